The van der Waals surface area contributed by atoms with Crippen LogP contribution in [0.2, 0.25) is 0 Å². The zero-order valence-electron chi connectivity index (χ0n) is 30.5. The van der Waals surface area contributed by atoms with Gasteiger partial charge in [-0.05, 0) is 183 Å². The van der Waals surface area contributed by atoms with E-state index in [4.69, 9.17) is 0 Å². The Morgan fingerprint density at radius 2 is 0.630 bits per heavy atom. The van der Waals surface area contributed by atoms with Crippen molar-refractivity contribution in [2.45, 2.75) is 168 Å². The van der Waals surface area contributed by atoms with Crippen LogP contribution in [0.3, 0.4) is 0 Å². The molecule has 0 spiro atoms. The van der Waals surface area contributed by atoms with Crippen molar-refractivity contribution in [2.24, 2.45) is 118 Å². The van der Waals surface area contributed by atoms with E-state index in [1.54, 1.807) is 154 Å². The van der Waals surface area contributed by atoms with Crippen molar-refractivity contribution in [2.75, 3.05) is 0 Å². The Hall–Kier alpha value is 0. The molecule has 46 heavy (non-hydrogen) atoms. The molecule has 0 nitrogen and oxygen atoms in total. The van der Waals surface area contributed by atoms with E-state index in [2.05, 4.69) is 13.8 Å². The predicted molar refractivity (Wildman–Crippen MR) is 192 cm³/mol. The van der Waals surface area contributed by atoms with Crippen molar-refractivity contribution in [3.8, 4) is 0 Å². The summed E-state index contributed by atoms with van der Waals surface area (Å²) in [7, 11) is 0. The van der Waals surface area contributed by atoms with Crippen LogP contribution in [0.15, 0.2) is 0 Å². The maximum atomic E-state index is 2.68. The average Bonchev–Trinajstić information content (AvgIpc) is 3.08. The lowest BCUT2D eigenvalue weighted by molar-refractivity contribution is -0.229. The van der Waals surface area contributed by atoms with Gasteiger partial charge in [-0.3, -0.25) is 0 Å². The minimum atomic E-state index is 1.01. The first-order valence-electron chi connectivity index (χ1n) is 22.6. The fourth-order valence-electron chi connectivity index (χ4n) is 18.7. The molecule has 0 aliphatic heterocycles. The molecule has 0 heterocycles. The highest BCUT2D eigenvalue weighted by Gasteiger charge is 2.66. The molecule has 0 aromatic rings. The molecule has 10 saturated carbocycles. The quantitative estimate of drug-likeness (QED) is 0.286. The first kappa shape index (κ1) is 30.8. The summed E-state index contributed by atoms with van der Waals surface area (Å²) < 4.78 is 0. The number of hydrogen-bond donors (Lipinski definition) is 0. The third-order valence-electron chi connectivity index (χ3n) is 19.7. The van der Waals surface area contributed by atoms with E-state index in [1.807, 2.05) is 0 Å². The lowest BCUT2D eigenvalue weighted by Crippen LogP contribution is -2.65. The molecule has 0 saturated heterocycles. The lowest BCUT2D eigenvalue weighted by Gasteiger charge is -2.71. The van der Waals surface area contributed by atoms with Gasteiger partial charge in [0.25, 0.3) is 0 Å². The van der Waals surface area contributed by atoms with E-state index < -0.39 is 0 Å². The molecular weight excluding hydrogens is 553 g/mol. The summed E-state index contributed by atoms with van der Waals surface area (Å²) in [6, 6.07) is 0. The normalized spacial score (nSPS) is 59.6. The van der Waals surface area contributed by atoms with Gasteiger partial charge >= 0.3 is 0 Å². The van der Waals surface area contributed by atoms with Crippen molar-refractivity contribution in [1.82, 2.24) is 0 Å². The maximum Gasteiger partial charge on any atom is -0.0315 e. The molecule has 10 fully saturated rings. The SMILES string of the molecule is CC1CCCC(C2C3CC4CC5CCCCC5CC4CC3C(C3CCCC(C)C3)C3C4CCCC5CCC6CCCC(C6C54)C23)C1. The van der Waals surface area contributed by atoms with Crippen LogP contribution in [0.4, 0.5) is 0 Å². The molecule has 0 heteroatoms. The second-order valence-corrected chi connectivity index (χ2v) is 21.4. The molecule has 20 unspecified atom stereocenters. The van der Waals surface area contributed by atoms with Gasteiger partial charge < -0.3 is 0 Å². The molecule has 20 atom stereocenters. The molecule has 10 rings (SSSR count). The van der Waals surface area contributed by atoms with Crippen LogP contribution in [0.5, 0.6) is 0 Å². The molecule has 0 amide bonds. The second kappa shape index (κ2) is 12.3. The molecule has 258 valence electrons. The lowest BCUT2D eigenvalue weighted by atomic mass is 9.34. The van der Waals surface area contributed by atoms with Gasteiger partial charge in [-0.25, -0.2) is 0 Å². The number of fused-ring (bicyclic) bond motifs is 6. The second-order valence-electron chi connectivity index (χ2n) is 21.4. The van der Waals surface area contributed by atoms with Crippen molar-refractivity contribution >= 4 is 0 Å². The largest absolute Gasteiger partial charge is 0.0625 e. The van der Waals surface area contributed by atoms with Gasteiger partial charge in [0, 0.05) is 0 Å². The van der Waals surface area contributed by atoms with Gasteiger partial charge in [0.15, 0.2) is 0 Å². The Labute approximate surface area is 285 Å². The molecular formula is C46H74. The van der Waals surface area contributed by atoms with Crippen molar-refractivity contribution < 1.29 is 0 Å². The van der Waals surface area contributed by atoms with E-state index >= 15 is 0 Å². The highest BCUT2D eigenvalue weighted by atomic mass is 14.7. The number of rotatable bonds is 2. The van der Waals surface area contributed by atoms with Crippen LogP contribution in [0, 0.1) is 118 Å². The standard InChI is InChI=1S/C46H74/c1-27-9-5-15-33(21-27)43-39-25-35-23-31-11-3-4-12-32(31)24-36(35)26-40(39)44(34-16-6-10-28(2)22-34)46-38-18-8-14-30-20-19-29-13-7-17-37(45(43)46)41(29)42(30)38/h27-46H,3-26H2,1-2H3. The number of hydrogen-bond acceptors (Lipinski definition) is 0. The average molecular weight is 627 g/mol. The smallest absolute Gasteiger partial charge is 0.0315 e. The summed E-state index contributed by atoms with van der Waals surface area (Å²) >= 11 is 0. The van der Waals surface area contributed by atoms with Crippen LogP contribution in [0.25, 0.3) is 0 Å². The zero-order chi connectivity index (χ0) is 30.5. The maximum absolute atomic E-state index is 2.68. The highest BCUT2D eigenvalue weighted by molar-refractivity contribution is 5.15. The van der Waals surface area contributed by atoms with Crippen LogP contribution < -0.4 is 0 Å². The summed E-state index contributed by atoms with van der Waals surface area (Å²) in [4.78, 5) is 0. The minimum Gasteiger partial charge on any atom is -0.0625 e. The van der Waals surface area contributed by atoms with Gasteiger partial charge in [0.05, 0.1) is 0 Å². The van der Waals surface area contributed by atoms with Crippen LogP contribution in [-0.4, -0.2) is 0 Å². The first-order valence-corrected chi connectivity index (χ1v) is 22.6. The third kappa shape index (κ3) is 4.97. The zero-order valence-corrected chi connectivity index (χ0v) is 30.5. The van der Waals surface area contributed by atoms with Crippen LogP contribution in [-0.2, 0) is 0 Å². The minimum absolute atomic E-state index is 1.01. The Balaban J connectivity index is 1.10. The monoisotopic (exact) mass is 627 g/mol. The summed E-state index contributed by atoms with van der Waals surface area (Å²) in [6.07, 6.45) is 38.9. The Kier molecular flexibility index (Phi) is 8.27. The fourth-order valence-corrected chi connectivity index (χ4v) is 18.7. The van der Waals surface area contributed by atoms with E-state index in [1.165, 1.54) is 11.8 Å². The van der Waals surface area contributed by atoms with Crippen LogP contribution in [0.1, 0.15) is 168 Å². The molecule has 10 aliphatic carbocycles. The highest BCUT2D eigenvalue weighted by Crippen LogP contribution is 2.73. The molecule has 0 aromatic carbocycles. The summed E-state index contributed by atoms with van der Waals surface area (Å²) in [5.74, 6) is 22.4. The Morgan fingerprint density at radius 3 is 1.09 bits per heavy atom. The first-order chi connectivity index (χ1) is 22.6. The summed E-state index contributed by atoms with van der Waals surface area (Å²) in [5.41, 5.74) is 0. The molecule has 0 N–H and O–H groups in total. The van der Waals surface area contributed by atoms with Gasteiger partial charge in [-0.15, -0.1) is 0 Å². The predicted octanol–water partition coefficient (Wildman–Crippen LogP) is 12.8. The molecule has 0 aromatic heterocycles. The van der Waals surface area contributed by atoms with Gasteiger partial charge in [0.1, 0.15) is 0 Å². The van der Waals surface area contributed by atoms with Crippen molar-refractivity contribution in [3.63, 3.8) is 0 Å². The summed E-state index contributed by atoms with van der Waals surface area (Å²) in [5, 5.41) is 0. The topological polar surface area (TPSA) is 0 Å². The molecule has 0 bridgehead atoms. The van der Waals surface area contributed by atoms with E-state index in [0.717, 1.165) is 107 Å². The van der Waals surface area contributed by atoms with Crippen molar-refractivity contribution in [1.29, 1.82) is 0 Å². The molecule has 10 aliphatic rings. The van der Waals surface area contributed by atoms with Gasteiger partial charge in [0.2, 0.25) is 0 Å². The van der Waals surface area contributed by atoms with Gasteiger partial charge in [-0.2, -0.15) is 0 Å². The Bertz CT molecular complexity index is 990. The van der Waals surface area contributed by atoms with Gasteiger partial charge in [-0.1, -0.05) is 104 Å². The van der Waals surface area contributed by atoms with E-state index in [9.17, 15) is 0 Å². The summed E-state index contributed by atoms with van der Waals surface area (Å²) in [6.45, 7) is 5.36. The van der Waals surface area contributed by atoms with E-state index in [0.29, 0.717) is 0 Å². The van der Waals surface area contributed by atoms with Crippen LogP contribution >= 0.6 is 0 Å². The van der Waals surface area contributed by atoms with Crippen molar-refractivity contribution in [3.05, 3.63) is 0 Å². The molecule has 0 radical (unpaired) electrons. The Morgan fingerprint density at radius 1 is 0.239 bits per heavy atom. The fraction of sp³-hybridized carbons (Fsp3) is 1.00. The third-order valence-corrected chi connectivity index (χ3v) is 19.7. The van der Waals surface area contributed by atoms with E-state index in [-0.39, 0.29) is 0 Å².